The van der Waals surface area contributed by atoms with E-state index in [1.807, 2.05) is 63.2 Å². The van der Waals surface area contributed by atoms with E-state index in [-0.39, 0.29) is 5.91 Å². The van der Waals surface area contributed by atoms with Gasteiger partial charge in [0.15, 0.2) is 0 Å². The predicted molar refractivity (Wildman–Crippen MR) is 100 cm³/mol. The molecule has 25 heavy (non-hydrogen) atoms. The van der Waals surface area contributed by atoms with E-state index >= 15 is 0 Å². The van der Waals surface area contributed by atoms with E-state index in [2.05, 4.69) is 20.6 Å². The monoisotopic (exact) mass is 332 g/mol. The molecule has 0 saturated carbocycles. The van der Waals surface area contributed by atoms with Crippen molar-refractivity contribution in [2.75, 3.05) is 10.6 Å². The summed E-state index contributed by atoms with van der Waals surface area (Å²) >= 11 is 0. The van der Waals surface area contributed by atoms with Crippen LogP contribution in [0.4, 0.5) is 17.2 Å². The van der Waals surface area contributed by atoms with Crippen molar-refractivity contribution in [1.82, 2.24) is 9.97 Å². The first-order valence-corrected chi connectivity index (χ1v) is 8.06. The average molecular weight is 332 g/mol. The highest BCUT2D eigenvalue weighted by atomic mass is 16.1. The molecule has 0 atom stereocenters. The minimum absolute atomic E-state index is 0.261. The van der Waals surface area contributed by atoms with Gasteiger partial charge in [-0.25, -0.2) is 9.97 Å². The summed E-state index contributed by atoms with van der Waals surface area (Å²) < 4.78 is 0. The van der Waals surface area contributed by atoms with Crippen LogP contribution in [0.25, 0.3) is 0 Å². The van der Waals surface area contributed by atoms with Crippen LogP contribution in [0.15, 0.2) is 54.9 Å². The number of nitrogens with zero attached hydrogens (tertiary/aromatic N) is 2. The van der Waals surface area contributed by atoms with Gasteiger partial charge in [-0.1, -0.05) is 24.3 Å². The van der Waals surface area contributed by atoms with Gasteiger partial charge in [-0.3, -0.25) is 4.79 Å². The Morgan fingerprint density at radius 1 is 0.960 bits per heavy atom. The Hall–Kier alpha value is -3.21. The van der Waals surface area contributed by atoms with Crippen LogP contribution in [0.3, 0.4) is 0 Å². The quantitative estimate of drug-likeness (QED) is 0.743. The largest absolute Gasteiger partial charge is 0.340 e. The van der Waals surface area contributed by atoms with Crippen molar-refractivity contribution in [2.45, 2.75) is 20.8 Å². The fraction of sp³-hybridized carbons (Fsp3) is 0.150. The average Bonchev–Trinajstić information content (AvgIpc) is 2.59. The third kappa shape index (κ3) is 4.01. The van der Waals surface area contributed by atoms with Crippen LogP contribution in [-0.4, -0.2) is 15.9 Å². The van der Waals surface area contributed by atoms with Crippen molar-refractivity contribution in [3.63, 3.8) is 0 Å². The lowest BCUT2D eigenvalue weighted by molar-refractivity contribution is 0.102. The topological polar surface area (TPSA) is 66.9 Å². The number of amides is 1. The van der Waals surface area contributed by atoms with Gasteiger partial charge in [0.25, 0.3) is 5.91 Å². The van der Waals surface area contributed by atoms with Crippen LogP contribution >= 0.6 is 0 Å². The molecule has 1 heterocycles. The second kappa shape index (κ2) is 7.13. The van der Waals surface area contributed by atoms with E-state index < -0.39 is 0 Å². The molecule has 0 unspecified atom stereocenters. The minimum atomic E-state index is -0.261. The molecule has 5 heteroatoms. The molecule has 0 radical (unpaired) electrons. The van der Waals surface area contributed by atoms with Crippen LogP contribution in [-0.2, 0) is 0 Å². The molecule has 0 saturated heterocycles. The molecule has 3 aromatic rings. The summed E-state index contributed by atoms with van der Waals surface area (Å²) in [5.74, 6) is 0.315. The Morgan fingerprint density at radius 2 is 1.76 bits per heavy atom. The zero-order valence-electron chi connectivity index (χ0n) is 14.5. The number of rotatable bonds is 4. The summed E-state index contributed by atoms with van der Waals surface area (Å²) in [6, 6.07) is 15.4. The molecule has 0 bridgehead atoms. The molecule has 126 valence electrons. The summed E-state index contributed by atoms with van der Waals surface area (Å²) in [6.07, 6.45) is 1.39. The Balaban J connectivity index is 1.78. The van der Waals surface area contributed by atoms with Crippen LogP contribution in [0, 0.1) is 20.8 Å². The van der Waals surface area contributed by atoms with Gasteiger partial charge >= 0.3 is 0 Å². The minimum Gasteiger partial charge on any atom is -0.340 e. The Bertz CT molecular complexity index is 921. The van der Waals surface area contributed by atoms with E-state index in [0.717, 1.165) is 28.1 Å². The van der Waals surface area contributed by atoms with E-state index in [1.165, 1.54) is 6.33 Å². The van der Waals surface area contributed by atoms with E-state index in [4.69, 9.17) is 0 Å². The fourth-order valence-corrected chi connectivity index (χ4v) is 2.49. The highest BCUT2D eigenvalue weighted by Gasteiger charge is 2.11. The SMILES string of the molecule is Cc1cccc(Nc2cc(C(=O)Nc3cccc(C)c3C)ncn2)c1. The van der Waals surface area contributed by atoms with Crippen molar-refractivity contribution in [3.8, 4) is 0 Å². The smallest absolute Gasteiger partial charge is 0.274 e. The van der Waals surface area contributed by atoms with E-state index in [9.17, 15) is 4.79 Å². The van der Waals surface area contributed by atoms with Gasteiger partial charge in [0.2, 0.25) is 0 Å². The zero-order valence-corrected chi connectivity index (χ0v) is 14.5. The molecule has 0 spiro atoms. The third-order valence-electron chi connectivity index (χ3n) is 4.04. The first-order chi connectivity index (χ1) is 12.0. The number of carbonyl (C=O) groups excluding carboxylic acids is 1. The van der Waals surface area contributed by atoms with Crippen LogP contribution < -0.4 is 10.6 Å². The van der Waals surface area contributed by atoms with Gasteiger partial charge in [-0.05, 0) is 55.7 Å². The van der Waals surface area contributed by atoms with E-state index in [0.29, 0.717) is 11.5 Å². The maximum Gasteiger partial charge on any atom is 0.274 e. The second-order valence-electron chi connectivity index (χ2n) is 5.98. The van der Waals surface area contributed by atoms with Gasteiger partial charge in [0, 0.05) is 17.4 Å². The lowest BCUT2D eigenvalue weighted by Gasteiger charge is -2.11. The number of nitrogens with one attached hydrogen (secondary N) is 2. The molecule has 0 aliphatic carbocycles. The van der Waals surface area contributed by atoms with Crippen molar-refractivity contribution in [2.24, 2.45) is 0 Å². The van der Waals surface area contributed by atoms with Crippen molar-refractivity contribution in [1.29, 1.82) is 0 Å². The highest BCUT2D eigenvalue weighted by molar-refractivity contribution is 6.03. The molecule has 3 rings (SSSR count). The van der Waals surface area contributed by atoms with Gasteiger partial charge in [0.1, 0.15) is 17.8 Å². The van der Waals surface area contributed by atoms with Crippen molar-refractivity contribution >= 4 is 23.1 Å². The first-order valence-electron chi connectivity index (χ1n) is 8.06. The Morgan fingerprint density at radius 3 is 2.56 bits per heavy atom. The first kappa shape index (κ1) is 16.6. The molecule has 0 aliphatic heterocycles. The Labute approximate surface area is 147 Å². The molecular weight excluding hydrogens is 312 g/mol. The summed E-state index contributed by atoms with van der Waals surface area (Å²) in [5.41, 5.74) is 5.33. The van der Waals surface area contributed by atoms with Crippen molar-refractivity contribution < 1.29 is 4.79 Å². The predicted octanol–water partition coefficient (Wildman–Crippen LogP) is 4.40. The summed E-state index contributed by atoms with van der Waals surface area (Å²) in [4.78, 5) is 20.8. The number of aromatic nitrogens is 2. The van der Waals surface area contributed by atoms with Crippen LogP contribution in [0.2, 0.25) is 0 Å². The summed E-state index contributed by atoms with van der Waals surface area (Å²) in [6.45, 7) is 6.02. The number of carbonyl (C=O) groups is 1. The molecule has 1 aromatic heterocycles. The fourth-order valence-electron chi connectivity index (χ4n) is 2.49. The number of hydrogen-bond donors (Lipinski definition) is 2. The molecule has 0 aliphatic rings. The molecule has 2 aromatic carbocycles. The van der Waals surface area contributed by atoms with Crippen molar-refractivity contribution in [3.05, 3.63) is 77.2 Å². The molecular formula is C20H20N4O. The van der Waals surface area contributed by atoms with E-state index in [1.54, 1.807) is 6.07 Å². The third-order valence-corrected chi connectivity index (χ3v) is 4.04. The summed E-state index contributed by atoms with van der Waals surface area (Å²) in [7, 11) is 0. The highest BCUT2D eigenvalue weighted by Crippen LogP contribution is 2.20. The number of benzene rings is 2. The zero-order chi connectivity index (χ0) is 17.8. The summed E-state index contributed by atoms with van der Waals surface area (Å²) in [5, 5.41) is 6.10. The number of anilines is 3. The number of aryl methyl sites for hydroxylation is 2. The lowest BCUT2D eigenvalue weighted by Crippen LogP contribution is -2.15. The Kier molecular flexibility index (Phi) is 4.75. The molecule has 1 amide bonds. The lowest BCUT2D eigenvalue weighted by atomic mass is 10.1. The number of hydrogen-bond acceptors (Lipinski definition) is 4. The van der Waals surface area contributed by atoms with Gasteiger partial charge in [0.05, 0.1) is 0 Å². The van der Waals surface area contributed by atoms with Crippen LogP contribution in [0.1, 0.15) is 27.2 Å². The molecule has 2 N–H and O–H groups in total. The molecule has 5 nitrogen and oxygen atoms in total. The maximum absolute atomic E-state index is 12.5. The second-order valence-corrected chi connectivity index (χ2v) is 5.98. The van der Waals surface area contributed by atoms with Gasteiger partial charge in [-0.2, -0.15) is 0 Å². The molecule has 0 fully saturated rings. The maximum atomic E-state index is 12.5. The van der Waals surface area contributed by atoms with Gasteiger partial charge in [-0.15, -0.1) is 0 Å². The normalized spacial score (nSPS) is 10.4. The van der Waals surface area contributed by atoms with Gasteiger partial charge < -0.3 is 10.6 Å². The standard InChI is InChI=1S/C20H20N4O/c1-13-6-4-8-16(10-13)23-19-11-18(21-12-22-19)20(25)24-17-9-5-7-14(2)15(17)3/h4-12H,1-3H3,(H,24,25)(H,21,22,23). The van der Waals surface area contributed by atoms with Crippen LogP contribution in [0.5, 0.6) is 0 Å².